The maximum Gasteiger partial charge on any atom is 0.333 e. The second kappa shape index (κ2) is 8.76. The normalized spacial score (nSPS) is 11.1. The van der Waals surface area contributed by atoms with Crippen molar-refractivity contribution in [3.05, 3.63) is 71.8 Å². The summed E-state index contributed by atoms with van der Waals surface area (Å²) < 4.78 is 9.31. The first-order valence-corrected chi connectivity index (χ1v) is 8.04. The van der Waals surface area contributed by atoms with Crippen molar-refractivity contribution in [1.29, 1.82) is 0 Å². The lowest BCUT2D eigenvalue weighted by Crippen LogP contribution is -2.10. The van der Waals surface area contributed by atoms with Gasteiger partial charge < -0.3 is 9.47 Å². The molecule has 0 amide bonds. The second-order valence-electron chi connectivity index (χ2n) is 5.68. The number of allylic oxidation sites excluding steroid dienone is 1. The van der Waals surface area contributed by atoms with Crippen LogP contribution in [0, 0.1) is 0 Å². The average molecular weight is 352 g/mol. The highest BCUT2D eigenvalue weighted by molar-refractivity contribution is 6.10. The molecule has 0 aromatic heterocycles. The van der Waals surface area contributed by atoms with Crippen molar-refractivity contribution in [2.45, 2.75) is 12.8 Å². The molecule has 0 atom stereocenters. The van der Waals surface area contributed by atoms with Crippen molar-refractivity contribution in [2.75, 3.05) is 14.2 Å². The monoisotopic (exact) mass is 352 g/mol. The minimum atomic E-state index is -0.614. The van der Waals surface area contributed by atoms with Crippen molar-refractivity contribution in [2.24, 2.45) is 0 Å². The maximum atomic E-state index is 12.6. The number of benzene rings is 2. The van der Waals surface area contributed by atoms with Crippen molar-refractivity contribution in [3.8, 4) is 0 Å². The lowest BCUT2D eigenvalue weighted by atomic mass is 10.0. The molecule has 0 fully saturated rings. The van der Waals surface area contributed by atoms with E-state index < -0.39 is 11.9 Å². The smallest absolute Gasteiger partial charge is 0.333 e. The number of ketones is 1. The molecule has 0 saturated heterocycles. The maximum absolute atomic E-state index is 12.6. The number of carbonyl (C=O) groups is 3. The molecule has 0 heterocycles. The standard InChI is InChI=1S/C21H20O5/c1-14(20(23)25-2)8-9-18(21(24)26-3)13-19(22)17-11-10-15-6-4-5-7-16(15)12-17/h4-7,10-13H,1,8-9H2,2-3H3/b18-13+. The Hall–Kier alpha value is -3.21. The molecule has 0 saturated carbocycles. The number of hydrogen-bond donors (Lipinski definition) is 0. The predicted molar refractivity (Wildman–Crippen MR) is 98.8 cm³/mol. The van der Waals surface area contributed by atoms with E-state index in [1.54, 1.807) is 12.1 Å². The van der Waals surface area contributed by atoms with Crippen LogP contribution in [0.4, 0.5) is 0 Å². The quantitative estimate of drug-likeness (QED) is 0.432. The summed E-state index contributed by atoms with van der Waals surface area (Å²) in [6.07, 6.45) is 1.60. The van der Waals surface area contributed by atoms with Crippen molar-refractivity contribution < 1.29 is 23.9 Å². The van der Waals surface area contributed by atoms with Crippen LogP contribution in [-0.4, -0.2) is 31.9 Å². The molecule has 0 spiro atoms. The minimum Gasteiger partial charge on any atom is -0.466 e. The molecule has 134 valence electrons. The van der Waals surface area contributed by atoms with Gasteiger partial charge in [0.05, 0.1) is 14.2 Å². The molecular weight excluding hydrogens is 332 g/mol. The first-order chi connectivity index (χ1) is 12.5. The van der Waals surface area contributed by atoms with Crippen LogP contribution in [0.15, 0.2) is 66.3 Å². The van der Waals surface area contributed by atoms with Gasteiger partial charge in [0.15, 0.2) is 5.78 Å². The summed E-state index contributed by atoms with van der Waals surface area (Å²) >= 11 is 0. The fraction of sp³-hybridized carbons (Fsp3) is 0.190. The summed E-state index contributed by atoms with van der Waals surface area (Å²) in [7, 11) is 2.50. The third-order valence-corrected chi connectivity index (χ3v) is 3.96. The topological polar surface area (TPSA) is 69.7 Å². The molecule has 0 unspecified atom stereocenters. The van der Waals surface area contributed by atoms with Gasteiger partial charge in [0, 0.05) is 16.7 Å². The molecule has 5 heteroatoms. The fourth-order valence-corrected chi connectivity index (χ4v) is 2.48. The zero-order valence-electron chi connectivity index (χ0n) is 14.8. The molecule has 2 rings (SSSR count). The van der Waals surface area contributed by atoms with Gasteiger partial charge in [0.1, 0.15) is 0 Å². The number of ether oxygens (including phenoxy) is 2. The van der Waals surface area contributed by atoms with Gasteiger partial charge in [-0.25, -0.2) is 9.59 Å². The first kappa shape index (κ1) is 19.1. The van der Waals surface area contributed by atoms with Gasteiger partial charge >= 0.3 is 11.9 Å². The lowest BCUT2D eigenvalue weighted by Gasteiger charge is -2.07. The molecule has 26 heavy (non-hydrogen) atoms. The van der Waals surface area contributed by atoms with Crippen LogP contribution in [0.2, 0.25) is 0 Å². The molecule has 0 aliphatic heterocycles. The third kappa shape index (κ3) is 4.66. The number of hydrogen-bond acceptors (Lipinski definition) is 5. The molecule has 0 radical (unpaired) electrons. The van der Waals surface area contributed by atoms with Crippen LogP contribution >= 0.6 is 0 Å². The van der Waals surface area contributed by atoms with Crippen molar-refractivity contribution in [3.63, 3.8) is 0 Å². The number of carbonyl (C=O) groups excluding carboxylic acids is 3. The van der Waals surface area contributed by atoms with Crippen molar-refractivity contribution in [1.82, 2.24) is 0 Å². The third-order valence-electron chi connectivity index (χ3n) is 3.96. The summed E-state index contributed by atoms with van der Waals surface area (Å²) in [5, 5.41) is 1.96. The number of rotatable bonds is 7. The number of fused-ring (bicyclic) bond motifs is 1. The Morgan fingerprint density at radius 1 is 0.923 bits per heavy atom. The summed E-state index contributed by atoms with van der Waals surface area (Å²) in [6, 6.07) is 13.0. The summed E-state index contributed by atoms with van der Waals surface area (Å²) in [5.74, 6) is -1.47. The molecule has 0 aliphatic carbocycles. The van der Waals surface area contributed by atoms with E-state index in [2.05, 4.69) is 11.3 Å². The highest BCUT2D eigenvalue weighted by Crippen LogP contribution is 2.18. The number of esters is 2. The zero-order chi connectivity index (χ0) is 19.1. The van der Waals surface area contributed by atoms with E-state index in [1.165, 1.54) is 20.3 Å². The second-order valence-corrected chi connectivity index (χ2v) is 5.68. The number of methoxy groups -OCH3 is 2. The Labute approximate surface area is 151 Å². The predicted octanol–water partition coefficient (Wildman–Crippen LogP) is 3.63. The van der Waals surface area contributed by atoms with E-state index in [1.807, 2.05) is 30.3 Å². The van der Waals surface area contributed by atoms with Crippen LogP contribution in [-0.2, 0) is 19.1 Å². The molecule has 2 aromatic carbocycles. The SMILES string of the molecule is C=C(CC/C(=C\C(=O)c1ccc2ccccc2c1)C(=O)OC)C(=O)OC. The average Bonchev–Trinajstić information content (AvgIpc) is 2.68. The van der Waals surface area contributed by atoms with Gasteiger partial charge in [-0.1, -0.05) is 43.0 Å². The Morgan fingerprint density at radius 2 is 1.58 bits per heavy atom. The van der Waals surface area contributed by atoms with Crippen molar-refractivity contribution >= 4 is 28.5 Å². The Morgan fingerprint density at radius 3 is 2.23 bits per heavy atom. The van der Waals surface area contributed by atoms with E-state index in [9.17, 15) is 14.4 Å². The largest absolute Gasteiger partial charge is 0.466 e. The molecule has 0 aliphatic rings. The van der Waals surface area contributed by atoms with E-state index in [-0.39, 0.29) is 29.8 Å². The van der Waals surface area contributed by atoms with Crippen LogP contribution in [0.3, 0.4) is 0 Å². The minimum absolute atomic E-state index is 0.153. The van der Waals surface area contributed by atoms with Gasteiger partial charge in [-0.2, -0.15) is 0 Å². The molecule has 0 bridgehead atoms. The van der Waals surface area contributed by atoms with Gasteiger partial charge in [0.25, 0.3) is 0 Å². The lowest BCUT2D eigenvalue weighted by molar-refractivity contribution is -0.137. The van der Waals surface area contributed by atoms with Crippen LogP contribution in [0.1, 0.15) is 23.2 Å². The zero-order valence-corrected chi connectivity index (χ0v) is 14.8. The Bertz CT molecular complexity index is 892. The van der Waals surface area contributed by atoms with Crippen LogP contribution < -0.4 is 0 Å². The van der Waals surface area contributed by atoms with Crippen LogP contribution in [0.5, 0.6) is 0 Å². The summed E-state index contributed by atoms with van der Waals surface area (Å²) in [5.41, 5.74) is 0.869. The van der Waals surface area contributed by atoms with E-state index in [0.717, 1.165) is 10.8 Å². The Balaban J connectivity index is 2.23. The molecule has 5 nitrogen and oxygen atoms in total. The van der Waals surface area contributed by atoms with E-state index in [0.29, 0.717) is 5.56 Å². The van der Waals surface area contributed by atoms with E-state index >= 15 is 0 Å². The van der Waals surface area contributed by atoms with Gasteiger partial charge in [-0.15, -0.1) is 0 Å². The van der Waals surface area contributed by atoms with Gasteiger partial charge in [0.2, 0.25) is 0 Å². The fourth-order valence-electron chi connectivity index (χ4n) is 2.48. The molecular formula is C21H20O5. The van der Waals surface area contributed by atoms with Gasteiger partial charge in [-0.05, 0) is 35.8 Å². The highest BCUT2D eigenvalue weighted by Gasteiger charge is 2.16. The van der Waals surface area contributed by atoms with Crippen LogP contribution in [0.25, 0.3) is 10.8 Å². The summed E-state index contributed by atoms with van der Waals surface area (Å²) in [6.45, 7) is 3.62. The highest BCUT2D eigenvalue weighted by atomic mass is 16.5. The van der Waals surface area contributed by atoms with Gasteiger partial charge in [-0.3, -0.25) is 4.79 Å². The molecule has 2 aromatic rings. The van der Waals surface area contributed by atoms with E-state index in [4.69, 9.17) is 4.74 Å². The first-order valence-electron chi connectivity index (χ1n) is 8.04. The summed E-state index contributed by atoms with van der Waals surface area (Å²) in [4.78, 5) is 35.9. The Kier molecular flexibility index (Phi) is 6.44. The molecule has 0 N–H and O–H groups in total.